The van der Waals surface area contributed by atoms with Gasteiger partial charge in [0.1, 0.15) is 6.04 Å². The third-order valence-corrected chi connectivity index (χ3v) is 4.96. The van der Waals surface area contributed by atoms with Crippen molar-refractivity contribution in [2.45, 2.75) is 37.4 Å². The van der Waals surface area contributed by atoms with Gasteiger partial charge in [-0.1, -0.05) is 25.2 Å². The number of thiazole rings is 1. The maximum Gasteiger partial charge on any atom is 0.326 e. The molecule has 7 nitrogen and oxygen atoms in total. The highest BCUT2D eigenvalue weighted by molar-refractivity contribution is 7.91. The van der Waals surface area contributed by atoms with E-state index in [1.165, 1.54) is 6.92 Å². The van der Waals surface area contributed by atoms with Crippen LogP contribution in [0.15, 0.2) is 4.21 Å². The number of carbonyl (C=O) groups is 1. The van der Waals surface area contributed by atoms with Crippen LogP contribution in [0.4, 0.5) is 5.13 Å². The number of anilines is 1. The summed E-state index contributed by atoms with van der Waals surface area (Å²) in [6.07, 6.45) is 0.415. The lowest BCUT2D eigenvalue weighted by molar-refractivity contribution is -0.138. The van der Waals surface area contributed by atoms with Crippen molar-refractivity contribution in [1.29, 1.82) is 0 Å². The van der Waals surface area contributed by atoms with Gasteiger partial charge in [0.05, 0.1) is 5.69 Å². The molecule has 19 heavy (non-hydrogen) atoms. The van der Waals surface area contributed by atoms with Crippen LogP contribution in [0.1, 0.15) is 26.0 Å². The molecule has 108 valence electrons. The lowest BCUT2D eigenvalue weighted by Crippen LogP contribution is -2.30. The lowest BCUT2D eigenvalue weighted by Gasteiger charge is -2.15. The fourth-order valence-corrected chi connectivity index (χ4v) is 3.46. The number of sulfonamides is 1. The molecule has 0 spiro atoms. The molecule has 0 saturated heterocycles. The Hall–Kier alpha value is -1.19. The van der Waals surface area contributed by atoms with Gasteiger partial charge in [-0.05, 0) is 19.3 Å². The molecular formula is C10H17N3O4S2. The number of aromatic nitrogens is 1. The molecule has 1 aromatic heterocycles. The van der Waals surface area contributed by atoms with Crippen LogP contribution < -0.4 is 10.5 Å². The number of carboxylic acids is 1. The first-order chi connectivity index (χ1) is 8.61. The summed E-state index contributed by atoms with van der Waals surface area (Å²) in [6.45, 7) is 5.32. The number of primary sulfonamides is 1. The quantitative estimate of drug-likeness (QED) is 0.721. The summed E-state index contributed by atoms with van der Waals surface area (Å²) in [5, 5.41) is 17.1. The van der Waals surface area contributed by atoms with Gasteiger partial charge in [-0.15, -0.1) is 0 Å². The van der Waals surface area contributed by atoms with Crippen molar-refractivity contribution < 1.29 is 18.3 Å². The number of nitrogens with two attached hydrogens (primary N) is 1. The summed E-state index contributed by atoms with van der Waals surface area (Å²) < 4.78 is 22.5. The van der Waals surface area contributed by atoms with E-state index in [0.29, 0.717) is 6.42 Å². The highest BCUT2D eigenvalue weighted by atomic mass is 32.2. The molecule has 0 saturated carbocycles. The molecule has 0 aromatic carbocycles. The second kappa shape index (κ2) is 5.85. The summed E-state index contributed by atoms with van der Waals surface area (Å²) in [5.41, 5.74) is 0.267. The third-order valence-electron chi connectivity index (χ3n) is 2.32. The third kappa shape index (κ3) is 4.44. The average Bonchev–Trinajstić information content (AvgIpc) is 2.57. The zero-order valence-corrected chi connectivity index (χ0v) is 12.5. The summed E-state index contributed by atoms with van der Waals surface area (Å²) in [5.74, 6) is -0.814. The Bertz CT molecular complexity index is 565. The molecule has 0 aliphatic carbocycles. The van der Waals surface area contributed by atoms with Gasteiger partial charge in [0, 0.05) is 0 Å². The van der Waals surface area contributed by atoms with E-state index in [1.54, 1.807) is 0 Å². The molecule has 0 aliphatic rings. The molecule has 0 amide bonds. The maximum atomic E-state index is 11.3. The first-order valence-electron chi connectivity index (χ1n) is 5.60. The van der Waals surface area contributed by atoms with Gasteiger partial charge in [0.2, 0.25) is 10.0 Å². The van der Waals surface area contributed by atoms with Gasteiger partial charge in [0.25, 0.3) is 0 Å². The van der Waals surface area contributed by atoms with Crippen molar-refractivity contribution in [1.82, 2.24) is 4.98 Å². The van der Waals surface area contributed by atoms with Gasteiger partial charge >= 0.3 is 5.97 Å². The molecule has 4 N–H and O–H groups in total. The van der Waals surface area contributed by atoms with E-state index in [-0.39, 0.29) is 21.0 Å². The fraction of sp³-hybridized carbons (Fsp3) is 0.600. The Morgan fingerprint density at radius 3 is 2.47 bits per heavy atom. The van der Waals surface area contributed by atoms with Crippen LogP contribution in [-0.2, 0) is 14.8 Å². The number of nitrogens with zero attached hydrogens (tertiary/aromatic N) is 1. The molecule has 9 heteroatoms. The van der Waals surface area contributed by atoms with E-state index >= 15 is 0 Å². The van der Waals surface area contributed by atoms with Crippen molar-refractivity contribution in [3.8, 4) is 0 Å². The van der Waals surface area contributed by atoms with Crippen LogP contribution in [-0.4, -0.2) is 30.5 Å². The van der Waals surface area contributed by atoms with Gasteiger partial charge in [0.15, 0.2) is 9.34 Å². The lowest BCUT2D eigenvalue weighted by atomic mass is 10.0. The Morgan fingerprint density at radius 2 is 2.11 bits per heavy atom. The minimum absolute atomic E-state index is 0.0521. The molecule has 1 rings (SSSR count). The number of aryl methyl sites for hydroxylation is 1. The van der Waals surface area contributed by atoms with Crippen molar-refractivity contribution in [2.24, 2.45) is 11.1 Å². The molecule has 0 aliphatic heterocycles. The van der Waals surface area contributed by atoms with E-state index in [2.05, 4.69) is 10.3 Å². The molecule has 0 radical (unpaired) electrons. The molecule has 0 fully saturated rings. The van der Waals surface area contributed by atoms with Gasteiger partial charge in [-0.2, -0.15) is 0 Å². The number of rotatable bonds is 6. The van der Waals surface area contributed by atoms with Gasteiger partial charge < -0.3 is 10.4 Å². The van der Waals surface area contributed by atoms with E-state index in [0.717, 1.165) is 11.3 Å². The van der Waals surface area contributed by atoms with Crippen LogP contribution in [0.25, 0.3) is 0 Å². The number of hydrogen-bond donors (Lipinski definition) is 3. The number of hydrogen-bond acceptors (Lipinski definition) is 6. The second-order valence-corrected chi connectivity index (χ2v) is 7.36. The van der Waals surface area contributed by atoms with E-state index in [4.69, 9.17) is 10.2 Å². The molecule has 0 bridgehead atoms. The Balaban J connectivity index is 2.96. The SMILES string of the molecule is Cc1nc(N[C@H](CC(C)C)C(=O)O)sc1S(N)(=O)=O. The topological polar surface area (TPSA) is 122 Å². The molecule has 1 heterocycles. The molecule has 0 unspecified atom stereocenters. The predicted molar refractivity (Wildman–Crippen MR) is 72.7 cm³/mol. The first kappa shape index (κ1) is 15.9. The molecule has 1 atom stereocenters. The van der Waals surface area contributed by atoms with Crippen molar-refractivity contribution in [3.63, 3.8) is 0 Å². The summed E-state index contributed by atoms with van der Waals surface area (Å²) in [4.78, 5) is 15.1. The summed E-state index contributed by atoms with van der Waals surface area (Å²) in [7, 11) is -3.82. The van der Waals surface area contributed by atoms with Crippen molar-refractivity contribution in [2.75, 3.05) is 5.32 Å². The Kier molecular flexibility index (Phi) is 4.88. The number of nitrogens with one attached hydrogen (secondary N) is 1. The zero-order valence-electron chi connectivity index (χ0n) is 10.9. The monoisotopic (exact) mass is 307 g/mol. The summed E-state index contributed by atoms with van der Waals surface area (Å²) >= 11 is 0.841. The van der Waals surface area contributed by atoms with Crippen LogP contribution in [0, 0.1) is 12.8 Å². The largest absolute Gasteiger partial charge is 0.480 e. The Labute approximate surface area is 115 Å². The first-order valence-corrected chi connectivity index (χ1v) is 7.97. The predicted octanol–water partition coefficient (Wildman–Crippen LogP) is 1.01. The minimum Gasteiger partial charge on any atom is -0.480 e. The van der Waals surface area contributed by atoms with E-state index < -0.39 is 22.0 Å². The van der Waals surface area contributed by atoms with Gasteiger partial charge in [-0.25, -0.2) is 23.3 Å². The van der Waals surface area contributed by atoms with Crippen molar-refractivity contribution >= 4 is 32.5 Å². The van der Waals surface area contributed by atoms with Crippen LogP contribution in [0.2, 0.25) is 0 Å². The molecular weight excluding hydrogens is 290 g/mol. The zero-order chi connectivity index (χ0) is 14.8. The second-order valence-electron chi connectivity index (χ2n) is 4.60. The number of carboxylic acid groups (broad SMARTS) is 1. The normalized spacial score (nSPS) is 13.5. The van der Waals surface area contributed by atoms with Crippen molar-refractivity contribution in [3.05, 3.63) is 5.69 Å². The smallest absolute Gasteiger partial charge is 0.326 e. The van der Waals surface area contributed by atoms with Crippen LogP contribution >= 0.6 is 11.3 Å². The highest BCUT2D eigenvalue weighted by Crippen LogP contribution is 2.27. The van der Waals surface area contributed by atoms with Crippen LogP contribution in [0.5, 0.6) is 0 Å². The minimum atomic E-state index is -3.82. The van der Waals surface area contributed by atoms with E-state index in [1.807, 2.05) is 13.8 Å². The Morgan fingerprint density at radius 1 is 1.53 bits per heavy atom. The van der Waals surface area contributed by atoms with Gasteiger partial charge in [-0.3, -0.25) is 0 Å². The van der Waals surface area contributed by atoms with E-state index in [9.17, 15) is 13.2 Å². The number of aliphatic carboxylic acids is 1. The average molecular weight is 307 g/mol. The highest BCUT2D eigenvalue weighted by Gasteiger charge is 2.23. The molecule has 1 aromatic rings. The summed E-state index contributed by atoms with van der Waals surface area (Å²) in [6, 6.07) is -0.807. The fourth-order valence-electron chi connectivity index (χ4n) is 1.55. The van der Waals surface area contributed by atoms with Crippen LogP contribution in [0.3, 0.4) is 0 Å². The standard InChI is InChI=1S/C10H17N3O4S2/c1-5(2)4-7(8(14)15)13-10-12-6(3)9(18-10)19(11,16)17/h5,7H,4H2,1-3H3,(H,12,13)(H,14,15)(H2,11,16,17)/t7-/m1/s1. The maximum absolute atomic E-state index is 11.3.